The van der Waals surface area contributed by atoms with Crippen molar-refractivity contribution >= 4 is 17.7 Å². The molecule has 1 aliphatic carbocycles. The maximum Gasteiger partial charge on any atom is 0.230 e. The Labute approximate surface area is 143 Å². The molecule has 0 fully saturated rings. The Kier molecular flexibility index (Phi) is 3.97. The van der Waals surface area contributed by atoms with Gasteiger partial charge in [0.2, 0.25) is 6.79 Å². The lowest BCUT2D eigenvalue weighted by Gasteiger charge is -2.14. The molecule has 0 N–H and O–H groups in total. The van der Waals surface area contributed by atoms with E-state index in [1.54, 1.807) is 38.4 Å². The number of ether oxygens (including phenoxy) is 4. The standard InChI is InChI=1S/C16H17N3O4S/c1-20-12-5-6-17-10(15(12)21-2)7-24-19-8-18-14-11(19)3-4-13-16(14)23-9-22-13/h5-6,8H,3-4,7,9H2,1-2H3. The van der Waals surface area contributed by atoms with Gasteiger partial charge in [-0.25, -0.2) is 4.98 Å². The second-order valence-corrected chi connectivity index (χ2v) is 6.23. The molecule has 0 saturated carbocycles. The minimum absolute atomic E-state index is 0.287. The summed E-state index contributed by atoms with van der Waals surface area (Å²) in [6, 6.07) is 1.79. The molecule has 0 saturated heterocycles. The van der Waals surface area contributed by atoms with E-state index in [2.05, 4.69) is 13.9 Å². The largest absolute Gasteiger partial charge is 0.493 e. The molecule has 2 aromatic rings. The first-order chi connectivity index (χ1) is 11.8. The number of rotatable bonds is 5. The third-order valence-corrected chi connectivity index (χ3v) is 5.03. The maximum absolute atomic E-state index is 5.55. The minimum Gasteiger partial charge on any atom is -0.493 e. The van der Waals surface area contributed by atoms with Crippen molar-refractivity contribution < 1.29 is 18.9 Å². The molecule has 0 bridgehead atoms. The van der Waals surface area contributed by atoms with E-state index < -0.39 is 0 Å². The van der Waals surface area contributed by atoms with Crippen molar-refractivity contribution in [1.29, 1.82) is 0 Å². The zero-order valence-electron chi connectivity index (χ0n) is 13.4. The van der Waals surface area contributed by atoms with Gasteiger partial charge in [0.05, 0.1) is 31.4 Å². The van der Waals surface area contributed by atoms with Crippen LogP contribution in [0.4, 0.5) is 0 Å². The second-order valence-electron chi connectivity index (χ2n) is 5.29. The molecule has 0 aromatic carbocycles. The highest BCUT2D eigenvalue weighted by Gasteiger charge is 2.30. The highest BCUT2D eigenvalue weighted by atomic mass is 32.2. The lowest BCUT2D eigenvalue weighted by molar-refractivity contribution is 0.0851. The molecule has 0 amide bonds. The monoisotopic (exact) mass is 347 g/mol. The molecule has 0 unspecified atom stereocenters. The number of fused-ring (bicyclic) bond motifs is 2. The van der Waals surface area contributed by atoms with Gasteiger partial charge < -0.3 is 18.9 Å². The zero-order chi connectivity index (χ0) is 16.5. The number of methoxy groups -OCH3 is 2. The Morgan fingerprint density at radius 3 is 2.96 bits per heavy atom. The summed E-state index contributed by atoms with van der Waals surface area (Å²) in [5, 5.41) is 0. The minimum atomic E-state index is 0.287. The summed E-state index contributed by atoms with van der Waals surface area (Å²) in [7, 11) is 3.24. The van der Waals surface area contributed by atoms with Crippen LogP contribution < -0.4 is 9.47 Å². The summed E-state index contributed by atoms with van der Waals surface area (Å²) in [6.07, 6.45) is 5.27. The Morgan fingerprint density at radius 1 is 1.21 bits per heavy atom. The predicted octanol–water partition coefficient (Wildman–Crippen LogP) is 2.61. The van der Waals surface area contributed by atoms with Gasteiger partial charge in [0.1, 0.15) is 17.8 Å². The first-order valence-electron chi connectivity index (χ1n) is 7.56. The summed E-state index contributed by atoms with van der Waals surface area (Å²) >= 11 is 1.61. The summed E-state index contributed by atoms with van der Waals surface area (Å²) in [4.78, 5) is 8.90. The van der Waals surface area contributed by atoms with Gasteiger partial charge in [0, 0.05) is 18.7 Å². The number of hydrogen-bond acceptors (Lipinski definition) is 7. The third-order valence-electron chi connectivity index (χ3n) is 4.03. The van der Waals surface area contributed by atoms with Gasteiger partial charge in [0.25, 0.3) is 0 Å². The predicted molar refractivity (Wildman–Crippen MR) is 88.5 cm³/mol. The van der Waals surface area contributed by atoms with Gasteiger partial charge in [-0.3, -0.25) is 8.96 Å². The fourth-order valence-corrected chi connectivity index (χ4v) is 3.81. The van der Waals surface area contributed by atoms with Gasteiger partial charge in [-0.2, -0.15) is 0 Å². The zero-order valence-corrected chi connectivity index (χ0v) is 14.3. The Morgan fingerprint density at radius 2 is 2.12 bits per heavy atom. The molecule has 0 spiro atoms. The van der Waals surface area contributed by atoms with E-state index >= 15 is 0 Å². The molecule has 126 valence electrons. The Bertz CT molecular complexity index is 803. The third kappa shape index (κ3) is 2.47. The molecule has 0 atom stereocenters. The van der Waals surface area contributed by atoms with E-state index in [1.807, 2.05) is 6.33 Å². The Balaban J connectivity index is 1.56. The number of hydrogen-bond donors (Lipinski definition) is 0. The van der Waals surface area contributed by atoms with Crippen molar-refractivity contribution in [2.45, 2.75) is 18.6 Å². The van der Waals surface area contributed by atoms with Crippen LogP contribution in [-0.4, -0.2) is 35.0 Å². The number of nitrogens with zero attached hydrogens (tertiary/aromatic N) is 3. The normalized spacial score (nSPS) is 15.4. The van der Waals surface area contributed by atoms with E-state index in [4.69, 9.17) is 18.9 Å². The van der Waals surface area contributed by atoms with Crippen LogP contribution in [0.2, 0.25) is 0 Å². The van der Waals surface area contributed by atoms with Crippen molar-refractivity contribution in [3.05, 3.63) is 41.4 Å². The van der Waals surface area contributed by atoms with Crippen LogP contribution >= 0.6 is 11.9 Å². The quantitative estimate of drug-likeness (QED) is 0.823. The summed E-state index contributed by atoms with van der Waals surface area (Å²) < 4.78 is 23.8. The van der Waals surface area contributed by atoms with Crippen LogP contribution in [0, 0.1) is 0 Å². The van der Waals surface area contributed by atoms with Gasteiger partial charge in [-0.05, 0) is 18.4 Å². The van der Waals surface area contributed by atoms with Gasteiger partial charge in [0.15, 0.2) is 17.3 Å². The molecular formula is C16H17N3O4S. The van der Waals surface area contributed by atoms with E-state index in [0.717, 1.165) is 41.4 Å². The molecule has 2 aromatic heterocycles. The van der Waals surface area contributed by atoms with Crippen LogP contribution in [0.15, 0.2) is 24.3 Å². The maximum atomic E-state index is 5.55. The van der Waals surface area contributed by atoms with Crippen LogP contribution in [0.1, 0.15) is 23.5 Å². The van der Waals surface area contributed by atoms with E-state index in [0.29, 0.717) is 17.3 Å². The second kappa shape index (κ2) is 6.27. The van der Waals surface area contributed by atoms with Crippen LogP contribution in [0.5, 0.6) is 11.5 Å². The highest BCUT2D eigenvalue weighted by Crippen LogP contribution is 2.37. The molecule has 1 aliphatic heterocycles. The number of allylic oxidation sites excluding steroid dienone is 1. The lowest BCUT2D eigenvalue weighted by Crippen LogP contribution is -2.06. The fraction of sp³-hybridized carbons (Fsp3) is 0.375. The van der Waals surface area contributed by atoms with Crippen molar-refractivity contribution in [1.82, 2.24) is 13.9 Å². The molecule has 4 rings (SSSR count). The first kappa shape index (κ1) is 15.2. The van der Waals surface area contributed by atoms with Crippen molar-refractivity contribution in [3.8, 4) is 11.5 Å². The van der Waals surface area contributed by atoms with Crippen molar-refractivity contribution in [2.75, 3.05) is 21.0 Å². The summed E-state index contributed by atoms with van der Waals surface area (Å²) in [6.45, 7) is 0.287. The van der Waals surface area contributed by atoms with Gasteiger partial charge in [-0.1, -0.05) is 0 Å². The topological polar surface area (TPSA) is 67.6 Å². The number of pyridine rings is 1. The fourth-order valence-electron chi connectivity index (χ4n) is 2.90. The van der Waals surface area contributed by atoms with Crippen LogP contribution in [0.3, 0.4) is 0 Å². The molecule has 8 heteroatoms. The summed E-state index contributed by atoms with van der Waals surface area (Å²) in [5.41, 5.74) is 2.86. The van der Waals surface area contributed by atoms with Gasteiger partial charge >= 0.3 is 0 Å². The number of aromatic nitrogens is 3. The smallest absolute Gasteiger partial charge is 0.230 e. The van der Waals surface area contributed by atoms with E-state index in [9.17, 15) is 0 Å². The molecule has 7 nitrogen and oxygen atoms in total. The van der Waals surface area contributed by atoms with Crippen molar-refractivity contribution in [3.63, 3.8) is 0 Å². The lowest BCUT2D eigenvalue weighted by atomic mass is 10.1. The van der Waals surface area contributed by atoms with Crippen LogP contribution in [0.25, 0.3) is 5.76 Å². The molecule has 24 heavy (non-hydrogen) atoms. The van der Waals surface area contributed by atoms with Gasteiger partial charge in [-0.15, -0.1) is 0 Å². The number of imidazole rings is 1. The molecule has 0 radical (unpaired) electrons. The SMILES string of the molecule is COc1ccnc(CSn2cnc3c2CCC2=C3OCO2)c1OC. The highest BCUT2D eigenvalue weighted by molar-refractivity contribution is 7.97. The first-order valence-corrected chi connectivity index (χ1v) is 8.50. The molecule has 3 heterocycles. The van der Waals surface area contributed by atoms with Crippen LogP contribution in [-0.2, 0) is 21.6 Å². The van der Waals surface area contributed by atoms with Crippen molar-refractivity contribution in [2.24, 2.45) is 0 Å². The van der Waals surface area contributed by atoms with E-state index in [1.165, 1.54) is 0 Å². The Hall–Kier alpha value is -2.35. The molecule has 2 aliphatic rings. The van der Waals surface area contributed by atoms with E-state index in [-0.39, 0.29) is 6.79 Å². The summed E-state index contributed by atoms with van der Waals surface area (Å²) in [5.74, 6) is 3.69. The molecular weight excluding hydrogens is 330 g/mol. The average molecular weight is 347 g/mol. The average Bonchev–Trinajstić information content (AvgIpc) is 3.25.